The number of fused-ring (bicyclic) bond motifs is 1. The molecule has 0 saturated heterocycles. The first kappa shape index (κ1) is 17.6. The lowest BCUT2D eigenvalue weighted by atomic mass is 10.1. The third-order valence-corrected chi connectivity index (χ3v) is 5.10. The smallest absolute Gasteiger partial charge is 0.255 e. The maximum atomic E-state index is 14.1. The van der Waals surface area contributed by atoms with Crippen LogP contribution in [0.2, 0.25) is 0 Å². The monoisotopic (exact) mass is 356 g/mol. The molecule has 3 aromatic rings. The zero-order valence-electron chi connectivity index (χ0n) is 14.4. The van der Waals surface area contributed by atoms with Crippen molar-refractivity contribution >= 4 is 27.3 Å². The molecule has 0 saturated carbocycles. The molecular formula is C20H21FN2OS. The highest BCUT2D eigenvalue weighted by Gasteiger charge is 2.20. The van der Waals surface area contributed by atoms with Gasteiger partial charge in [0.2, 0.25) is 0 Å². The third kappa shape index (κ3) is 4.06. The van der Waals surface area contributed by atoms with E-state index < -0.39 is 0 Å². The first-order valence-corrected chi connectivity index (χ1v) is 9.08. The molecule has 0 N–H and O–H groups in total. The minimum Gasteiger partial charge on any atom is -0.333 e. The van der Waals surface area contributed by atoms with Gasteiger partial charge in [0, 0.05) is 40.7 Å². The highest BCUT2D eigenvalue weighted by atomic mass is 32.1. The third-order valence-electron chi connectivity index (χ3n) is 4.13. The van der Waals surface area contributed by atoms with Crippen LogP contribution in [0.25, 0.3) is 10.1 Å². The van der Waals surface area contributed by atoms with Crippen molar-refractivity contribution in [2.75, 3.05) is 27.2 Å². The Bertz CT molecular complexity index is 875. The lowest BCUT2D eigenvalue weighted by Crippen LogP contribution is -2.36. The van der Waals surface area contributed by atoms with Crippen LogP contribution in [0, 0.1) is 5.82 Å². The van der Waals surface area contributed by atoms with Gasteiger partial charge < -0.3 is 9.80 Å². The first-order chi connectivity index (χ1) is 12.1. The summed E-state index contributed by atoms with van der Waals surface area (Å²) in [6, 6.07) is 14.5. The molecule has 0 unspecified atom stereocenters. The Labute approximate surface area is 151 Å². The van der Waals surface area contributed by atoms with Crippen LogP contribution in [0.5, 0.6) is 0 Å². The van der Waals surface area contributed by atoms with E-state index in [2.05, 4.69) is 0 Å². The van der Waals surface area contributed by atoms with Gasteiger partial charge in [-0.15, -0.1) is 11.3 Å². The largest absolute Gasteiger partial charge is 0.333 e. The molecule has 1 heterocycles. The minimum atomic E-state index is -0.277. The van der Waals surface area contributed by atoms with Gasteiger partial charge in [-0.2, -0.15) is 0 Å². The van der Waals surface area contributed by atoms with Crippen LogP contribution in [-0.4, -0.2) is 42.9 Å². The highest BCUT2D eigenvalue weighted by Crippen LogP contribution is 2.27. The summed E-state index contributed by atoms with van der Waals surface area (Å²) in [5, 5.41) is 2.86. The molecule has 0 aliphatic carbocycles. The number of carbonyl (C=O) groups is 1. The van der Waals surface area contributed by atoms with Crippen molar-refractivity contribution in [3.8, 4) is 0 Å². The van der Waals surface area contributed by atoms with Gasteiger partial charge in [0.1, 0.15) is 5.82 Å². The molecule has 0 spiro atoms. The Balaban J connectivity index is 1.90. The lowest BCUT2D eigenvalue weighted by molar-refractivity contribution is 0.0733. The standard InChI is InChI=1S/C20H21FN2OS/c1-22(2)11-12-23(13-15-7-3-5-9-18(15)21)20(24)17-14-25-19-10-6-4-8-16(17)19/h3-10,14H,11-13H2,1-2H3. The number of amides is 1. The first-order valence-electron chi connectivity index (χ1n) is 8.20. The van der Waals surface area contributed by atoms with Crippen LogP contribution in [0.3, 0.4) is 0 Å². The Morgan fingerprint density at radius 1 is 1.04 bits per heavy atom. The molecule has 3 rings (SSSR count). The molecule has 0 atom stereocenters. The van der Waals surface area contributed by atoms with Gasteiger partial charge in [0.05, 0.1) is 5.56 Å². The lowest BCUT2D eigenvalue weighted by Gasteiger charge is -2.24. The van der Waals surface area contributed by atoms with Crippen molar-refractivity contribution < 1.29 is 9.18 Å². The Morgan fingerprint density at radius 2 is 1.76 bits per heavy atom. The molecule has 0 fully saturated rings. The fraction of sp³-hybridized carbons (Fsp3) is 0.250. The molecule has 0 bridgehead atoms. The summed E-state index contributed by atoms with van der Waals surface area (Å²) < 4.78 is 15.1. The number of hydrogen-bond donors (Lipinski definition) is 0. The van der Waals surface area contributed by atoms with E-state index in [0.29, 0.717) is 17.7 Å². The SMILES string of the molecule is CN(C)CCN(Cc1ccccc1F)C(=O)c1csc2ccccc12. The van der Waals surface area contributed by atoms with E-state index in [-0.39, 0.29) is 18.3 Å². The second-order valence-electron chi connectivity index (χ2n) is 6.27. The van der Waals surface area contributed by atoms with E-state index >= 15 is 0 Å². The molecule has 0 aliphatic rings. The molecular weight excluding hydrogens is 335 g/mol. The maximum Gasteiger partial charge on any atom is 0.255 e. The molecule has 5 heteroatoms. The number of carbonyl (C=O) groups excluding carboxylic acids is 1. The van der Waals surface area contributed by atoms with Crippen LogP contribution in [0.4, 0.5) is 4.39 Å². The molecule has 3 nitrogen and oxygen atoms in total. The fourth-order valence-corrected chi connectivity index (χ4v) is 3.65. The van der Waals surface area contributed by atoms with Gasteiger partial charge >= 0.3 is 0 Å². The average molecular weight is 356 g/mol. The summed E-state index contributed by atoms with van der Waals surface area (Å²) in [5.41, 5.74) is 1.23. The Morgan fingerprint density at radius 3 is 2.52 bits per heavy atom. The van der Waals surface area contributed by atoms with Gasteiger partial charge in [0.25, 0.3) is 5.91 Å². The molecule has 0 aliphatic heterocycles. The average Bonchev–Trinajstić information content (AvgIpc) is 3.03. The minimum absolute atomic E-state index is 0.0532. The number of hydrogen-bond acceptors (Lipinski definition) is 3. The van der Waals surface area contributed by atoms with E-state index in [9.17, 15) is 9.18 Å². The molecule has 0 radical (unpaired) electrons. The molecule has 1 aromatic heterocycles. The van der Waals surface area contributed by atoms with E-state index in [0.717, 1.165) is 16.6 Å². The number of benzene rings is 2. The Kier molecular flexibility index (Phi) is 5.46. The topological polar surface area (TPSA) is 23.6 Å². The number of rotatable bonds is 6. The summed E-state index contributed by atoms with van der Waals surface area (Å²) in [7, 11) is 3.93. The van der Waals surface area contributed by atoms with Crippen LogP contribution in [-0.2, 0) is 6.54 Å². The van der Waals surface area contributed by atoms with E-state index in [1.807, 2.05) is 48.6 Å². The summed E-state index contributed by atoms with van der Waals surface area (Å²) in [4.78, 5) is 16.9. The summed E-state index contributed by atoms with van der Waals surface area (Å²) in [6.45, 7) is 1.54. The van der Waals surface area contributed by atoms with Gasteiger partial charge in [-0.25, -0.2) is 4.39 Å². The zero-order chi connectivity index (χ0) is 17.8. The van der Waals surface area contributed by atoms with Crippen LogP contribution >= 0.6 is 11.3 Å². The molecule has 2 aromatic carbocycles. The second-order valence-corrected chi connectivity index (χ2v) is 7.18. The van der Waals surface area contributed by atoms with Crippen molar-refractivity contribution in [1.82, 2.24) is 9.80 Å². The van der Waals surface area contributed by atoms with Crippen molar-refractivity contribution in [2.45, 2.75) is 6.54 Å². The van der Waals surface area contributed by atoms with E-state index in [4.69, 9.17) is 0 Å². The van der Waals surface area contributed by atoms with Crippen LogP contribution in [0.1, 0.15) is 15.9 Å². The van der Waals surface area contributed by atoms with Gasteiger partial charge in [-0.05, 0) is 26.2 Å². The van der Waals surface area contributed by atoms with Crippen molar-refractivity contribution in [1.29, 1.82) is 0 Å². The summed E-state index contributed by atoms with van der Waals surface area (Å²) in [6.07, 6.45) is 0. The van der Waals surface area contributed by atoms with Crippen molar-refractivity contribution in [2.24, 2.45) is 0 Å². The maximum absolute atomic E-state index is 14.1. The predicted octanol–water partition coefficient (Wildman–Crippen LogP) is 4.24. The molecule has 25 heavy (non-hydrogen) atoms. The number of nitrogens with zero attached hydrogens (tertiary/aromatic N) is 2. The van der Waals surface area contributed by atoms with E-state index in [1.54, 1.807) is 34.4 Å². The van der Waals surface area contributed by atoms with E-state index in [1.165, 1.54) is 6.07 Å². The normalized spacial score (nSPS) is 11.2. The summed E-state index contributed by atoms with van der Waals surface area (Å²) >= 11 is 1.56. The van der Waals surface area contributed by atoms with Gasteiger partial charge in [-0.1, -0.05) is 36.4 Å². The van der Waals surface area contributed by atoms with Crippen molar-refractivity contribution in [3.05, 3.63) is 70.9 Å². The number of halogens is 1. The fourth-order valence-electron chi connectivity index (χ4n) is 2.72. The van der Waals surface area contributed by atoms with Crippen molar-refractivity contribution in [3.63, 3.8) is 0 Å². The number of thiophene rings is 1. The van der Waals surface area contributed by atoms with Gasteiger partial charge in [-0.3, -0.25) is 4.79 Å². The van der Waals surface area contributed by atoms with Crippen LogP contribution in [0.15, 0.2) is 53.9 Å². The molecule has 130 valence electrons. The predicted molar refractivity (Wildman–Crippen MR) is 102 cm³/mol. The second kappa shape index (κ2) is 7.76. The molecule has 1 amide bonds. The highest BCUT2D eigenvalue weighted by molar-refractivity contribution is 7.17. The summed E-state index contributed by atoms with van der Waals surface area (Å²) in [5.74, 6) is -0.331. The number of likely N-dealkylation sites (N-methyl/N-ethyl adjacent to an activating group) is 1. The van der Waals surface area contributed by atoms with Gasteiger partial charge in [0.15, 0.2) is 0 Å². The quantitative estimate of drug-likeness (QED) is 0.659. The zero-order valence-corrected chi connectivity index (χ0v) is 15.2. The van der Waals surface area contributed by atoms with Crippen LogP contribution < -0.4 is 0 Å². The Hall–Kier alpha value is -2.24.